The fraction of sp³-hybridized carbons (Fsp3) is 0.500. The highest BCUT2D eigenvalue weighted by molar-refractivity contribution is 7.91. The quantitative estimate of drug-likeness (QED) is 0.446. The van der Waals surface area contributed by atoms with E-state index in [2.05, 4.69) is 32.7 Å². The molecule has 0 aromatic heterocycles. The first-order valence-electron chi connectivity index (χ1n) is 9.28. The number of hydrogen-bond donors (Lipinski definition) is 0. The minimum absolute atomic E-state index is 0.0453. The molecule has 1 aromatic rings. The Hall–Kier alpha value is -1.61. The molecule has 1 aliphatic rings. The van der Waals surface area contributed by atoms with Crippen molar-refractivity contribution in [2.24, 2.45) is 5.92 Å². The minimum Gasteiger partial charge on any atom is -0.370 e. The summed E-state index contributed by atoms with van der Waals surface area (Å²) in [5.41, 5.74) is 5.23. The largest absolute Gasteiger partial charge is 0.370 e. The van der Waals surface area contributed by atoms with Crippen LogP contribution >= 0.6 is 0 Å². The highest BCUT2D eigenvalue weighted by Crippen LogP contribution is 2.31. The van der Waals surface area contributed by atoms with E-state index in [0.29, 0.717) is 17.2 Å². The molecule has 0 saturated carbocycles. The van der Waals surface area contributed by atoms with E-state index in [1.165, 1.54) is 5.57 Å². The lowest BCUT2D eigenvalue weighted by atomic mass is 9.94. The highest BCUT2D eigenvalue weighted by atomic mass is 32.2. The second kappa shape index (κ2) is 9.36. The Morgan fingerprint density at radius 3 is 2.65 bits per heavy atom. The van der Waals surface area contributed by atoms with Crippen molar-refractivity contribution in [2.45, 2.75) is 63.1 Å². The predicted octanol–water partition coefficient (Wildman–Crippen LogP) is 5.10. The zero-order valence-electron chi connectivity index (χ0n) is 15.9. The molecule has 1 aromatic carbocycles. The van der Waals surface area contributed by atoms with Crippen LogP contribution < -0.4 is 0 Å². The fourth-order valence-electron chi connectivity index (χ4n) is 3.41. The molecule has 1 aliphatic heterocycles. The number of hydrogen-bond acceptors (Lipinski definition) is 3. The van der Waals surface area contributed by atoms with Crippen LogP contribution in [0.2, 0.25) is 0 Å². The van der Waals surface area contributed by atoms with Gasteiger partial charge in [0.15, 0.2) is 9.84 Å². The van der Waals surface area contributed by atoms with E-state index in [0.717, 1.165) is 31.3 Å². The molecule has 0 N–H and O–H groups in total. The van der Waals surface area contributed by atoms with Crippen LogP contribution in [0.1, 0.15) is 46.0 Å². The van der Waals surface area contributed by atoms with E-state index in [9.17, 15) is 8.42 Å². The van der Waals surface area contributed by atoms with Gasteiger partial charge in [0.1, 0.15) is 0 Å². The first-order valence-corrected chi connectivity index (χ1v) is 10.9. The van der Waals surface area contributed by atoms with Gasteiger partial charge in [0.2, 0.25) is 0 Å². The van der Waals surface area contributed by atoms with Gasteiger partial charge in [0, 0.05) is 0 Å². The molecule has 0 amide bonds. The van der Waals surface area contributed by atoms with Crippen LogP contribution in [-0.2, 0) is 14.6 Å². The van der Waals surface area contributed by atoms with Crippen LogP contribution in [0.3, 0.4) is 0 Å². The van der Waals surface area contributed by atoms with Crippen LogP contribution in [0.4, 0.5) is 0 Å². The zero-order chi connectivity index (χ0) is 19.2. The topological polar surface area (TPSA) is 43.4 Å². The Morgan fingerprint density at radius 2 is 2.00 bits per heavy atom. The summed E-state index contributed by atoms with van der Waals surface area (Å²) < 4.78 is 30.9. The molecule has 0 radical (unpaired) electrons. The molecule has 4 heteroatoms. The lowest BCUT2D eigenvalue weighted by Gasteiger charge is -2.17. The van der Waals surface area contributed by atoms with Gasteiger partial charge < -0.3 is 4.74 Å². The van der Waals surface area contributed by atoms with Crippen molar-refractivity contribution in [3.63, 3.8) is 0 Å². The monoisotopic (exact) mass is 374 g/mol. The molecule has 0 bridgehead atoms. The summed E-state index contributed by atoms with van der Waals surface area (Å²) in [6.07, 6.45) is 4.27. The smallest absolute Gasteiger partial charge is 0.178 e. The molecule has 26 heavy (non-hydrogen) atoms. The normalized spacial score (nSPS) is 21.4. The molecule has 1 heterocycles. The first kappa shape index (κ1) is 20.7. The first-order chi connectivity index (χ1) is 12.3. The Balaban J connectivity index is 1.81. The van der Waals surface area contributed by atoms with E-state index >= 15 is 0 Å². The van der Waals surface area contributed by atoms with Crippen molar-refractivity contribution in [1.82, 2.24) is 0 Å². The van der Waals surface area contributed by atoms with Crippen LogP contribution in [0, 0.1) is 5.92 Å². The maximum atomic E-state index is 12.4. The Morgan fingerprint density at radius 1 is 1.31 bits per heavy atom. The molecule has 0 aliphatic carbocycles. The van der Waals surface area contributed by atoms with Gasteiger partial charge in [-0.15, -0.1) is 5.73 Å². The van der Waals surface area contributed by atoms with Crippen LogP contribution in [-0.4, -0.2) is 26.4 Å². The molecule has 1 fully saturated rings. The maximum Gasteiger partial charge on any atom is 0.178 e. The number of allylic oxidation sites excluding steroid dienone is 1. The van der Waals surface area contributed by atoms with Gasteiger partial charge in [-0.25, -0.2) is 8.42 Å². The molecule has 1 saturated heterocycles. The molecule has 2 rings (SSSR count). The fourth-order valence-corrected chi connectivity index (χ4v) is 4.79. The van der Waals surface area contributed by atoms with Crippen molar-refractivity contribution in [1.29, 1.82) is 0 Å². The summed E-state index contributed by atoms with van der Waals surface area (Å²) >= 11 is 0. The SMILES string of the molecule is C=C=C(C)C[C@@H](C)CCC1O[C@@H](CCS(=O)(=O)c2ccccc2)CC1=C. The average Bonchev–Trinajstić information content (AvgIpc) is 2.99. The summed E-state index contributed by atoms with van der Waals surface area (Å²) in [4.78, 5) is 0.382. The molecule has 3 nitrogen and oxygen atoms in total. The Kier molecular flexibility index (Phi) is 7.45. The van der Waals surface area contributed by atoms with Crippen LogP contribution in [0.15, 0.2) is 65.3 Å². The second-order valence-electron chi connectivity index (χ2n) is 7.37. The Labute approximate surface area is 158 Å². The summed E-state index contributed by atoms with van der Waals surface area (Å²) in [7, 11) is -3.25. The maximum absolute atomic E-state index is 12.4. The van der Waals surface area contributed by atoms with E-state index in [1.54, 1.807) is 24.3 Å². The van der Waals surface area contributed by atoms with Crippen molar-refractivity contribution >= 4 is 9.84 Å². The summed E-state index contributed by atoms with van der Waals surface area (Å²) in [6, 6.07) is 8.62. The third-order valence-electron chi connectivity index (χ3n) is 4.99. The number of ether oxygens (including phenoxy) is 1. The van der Waals surface area contributed by atoms with Crippen molar-refractivity contribution in [3.8, 4) is 0 Å². The van der Waals surface area contributed by atoms with E-state index in [4.69, 9.17) is 4.74 Å². The van der Waals surface area contributed by atoms with Gasteiger partial charge in [-0.3, -0.25) is 0 Å². The average molecular weight is 375 g/mol. The van der Waals surface area contributed by atoms with Gasteiger partial charge in [-0.2, -0.15) is 0 Å². The van der Waals surface area contributed by atoms with Crippen molar-refractivity contribution < 1.29 is 13.2 Å². The van der Waals surface area contributed by atoms with Gasteiger partial charge in [-0.1, -0.05) is 38.3 Å². The lowest BCUT2D eigenvalue weighted by Crippen LogP contribution is -2.17. The highest BCUT2D eigenvalue weighted by Gasteiger charge is 2.30. The van der Waals surface area contributed by atoms with Gasteiger partial charge in [0.25, 0.3) is 0 Å². The predicted molar refractivity (Wildman–Crippen MR) is 107 cm³/mol. The molecule has 142 valence electrons. The number of rotatable bonds is 9. The van der Waals surface area contributed by atoms with Crippen molar-refractivity contribution in [3.05, 3.63) is 60.4 Å². The zero-order valence-corrected chi connectivity index (χ0v) is 16.7. The van der Waals surface area contributed by atoms with Gasteiger partial charge in [0.05, 0.1) is 22.9 Å². The van der Waals surface area contributed by atoms with Gasteiger partial charge >= 0.3 is 0 Å². The summed E-state index contributed by atoms with van der Waals surface area (Å²) in [6.45, 7) is 12.1. The minimum atomic E-state index is -3.25. The second-order valence-corrected chi connectivity index (χ2v) is 9.48. The number of benzene rings is 1. The van der Waals surface area contributed by atoms with E-state index < -0.39 is 9.84 Å². The molecular weight excluding hydrogens is 344 g/mol. The summed E-state index contributed by atoms with van der Waals surface area (Å²) in [5, 5.41) is 0. The Bertz CT molecular complexity index is 758. The molecule has 0 spiro atoms. The lowest BCUT2D eigenvalue weighted by molar-refractivity contribution is 0.0436. The standard InChI is InChI=1S/C22H30O3S/c1-5-17(2)15-18(3)11-12-22-19(4)16-20(25-22)13-14-26(23,24)21-9-7-6-8-10-21/h6-10,18,20,22H,1,4,11-16H2,2-3H3/t18-,20-,22?/m0/s1. The number of sulfone groups is 1. The molecule has 1 unspecified atom stereocenters. The molecular formula is C22H30O3S. The third-order valence-corrected chi connectivity index (χ3v) is 6.75. The van der Waals surface area contributed by atoms with E-state index in [1.807, 2.05) is 6.07 Å². The third kappa shape index (κ3) is 5.98. The molecule has 3 atom stereocenters. The van der Waals surface area contributed by atoms with E-state index in [-0.39, 0.29) is 18.0 Å². The van der Waals surface area contributed by atoms with Crippen LogP contribution in [0.5, 0.6) is 0 Å². The van der Waals surface area contributed by atoms with Gasteiger partial charge in [-0.05, 0) is 68.2 Å². The van der Waals surface area contributed by atoms with Crippen molar-refractivity contribution in [2.75, 3.05) is 5.75 Å². The summed E-state index contributed by atoms with van der Waals surface area (Å²) in [5.74, 6) is 0.666. The van der Waals surface area contributed by atoms with Crippen LogP contribution in [0.25, 0.3) is 0 Å².